The first kappa shape index (κ1) is 17.5. The van der Waals surface area contributed by atoms with Gasteiger partial charge in [-0.15, -0.1) is 0 Å². The van der Waals surface area contributed by atoms with Crippen molar-refractivity contribution < 1.29 is 31.7 Å². The minimum absolute atomic E-state index is 0.0320. The van der Waals surface area contributed by atoms with E-state index in [9.17, 15) is 18.0 Å². The summed E-state index contributed by atoms with van der Waals surface area (Å²) in [5.41, 5.74) is 1.09. The Bertz CT molecular complexity index is 793. The highest BCUT2D eigenvalue weighted by Crippen LogP contribution is 2.33. The van der Waals surface area contributed by atoms with Crippen LogP contribution in [0.2, 0.25) is 0 Å². The van der Waals surface area contributed by atoms with Gasteiger partial charge in [0.25, 0.3) is 16.0 Å². The Hall–Kier alpha value is -2.33. The molecule has 2 aliphatic rings. The number of nitrogens with zero attached hydrogens (tertiary/aromatic N) is 1. The summed E-state index contributed by atoms with van der Waals surface area (Å²) in [6, 6.07) is 5.06. The summed E-state index contributed by atoms with van der Waals surface area (Å²) in [7, 11) is -3.46. The van der Waals surface area contributed by atoms with Gasteiger partial charge in [-0.05, 0) is 31.0 Å². The van der Waals surface area contributed by atoms with Crippen molar-refractivity contribution in [3.8, 4) is 5.75 Å². The number of anilines is 2. The molecule has 2 heterocycles. The highest BCUT2D eigenvalue weighted by atomic mass is 32.2. The second-order valence-corrected chi connectivity index (χ2v) is 7.45. The Labute approximate surface area is 145 Å². The van der Waals surface area contributed by atoms with Crippen LogP contribution in [0.15, 0.2) is 18.2 Å². The van der Waals surface area contributed by atoms with E-state index in [4.69, 9.17) is 9.47 Å². The van der Waals surface area contributed by atoms with Gasteiger partial charge in [-0.3, -0.25) is 13.9 Å². The summed E-state index contributed by atoms with van der Waals surface area (Å²) >= 11 is 0. The fourth-order valence-electron chi connectivity index (χ4n) is 2.64. The fraction of sp³-hybridized carbons (Fsp3) is 0.467. The van der Waals surface area contributed by atoms with E-state index in [2.05, 4.69) is 9.50 Å². The van der Waals surface area contributed by atoms with Gasteiger partial charge in [-0.2, -0.15) is 8.42 Å². The van der Waals surface area contributed by atoms with Crippen molar-refractivity contribution in [3.63, 3.8) is 0 Å². The number of hydrogen-bond donors (Lipinski definition) is 1. The van der Waals surface area contributed by atoms with E-state index >= 15 is 0 Å². The molecule has 2 amide bonds. The summed E-state index contributed by atoms with van der Waals surface area (Å²) in [5.74, 6) is 0.294. The van der Waals surface area contributed by atoms with Gasteiger partial charge in [0.2, 0.25) is 0 Å². The smallest absolute Gasteiger partial charge is 0.414 e. The first-order chi connectivity index (χ1) is 11.8. The minimum atomic E-state index is -3.46. The van der Waals surface area contributed by atoms with Crippen LogP contribution in [-0.4, -0.2) is 52.5 Å². The Morgan fingerprint density at radius 3 is 2.92 bits per heavy atom. The predicted octanol–water partition coefficient (Wildman–Crippen LogP) is 1.10. The lowest BCUT2D eigenvalue weighted by atomic mass is 10.2. The molecule has 0 unspecified atom stereocenters. The molecular weight excluding hydrogens is 352 g/mol. The van der Waals surface area contributed by atoms with Crippen molar-refractivity contribution >= 4 is 33.5 Å². The average Bonchev–Trinajstić information content (AvgIpc) is 2.91. The SMILES string of the molecule is CS(=O)(=O)OCCC[C@@H]1CN(c2ccc3c(c2)NC(=O)CO3)C(=O)O1. The second kappa shape index (κ2) is 6.89. The molecule has 0 aliphatic carbocycles. The van der Waals surface area contributed by atoms with Crippen LogP contribution in [0.4, 0.5) is 16.2 Å². The van der Waals surface area contributed by atoms with Crippen molar-refractivity contribution in [1.29, 1.82) is 0 Å². The summed E-state index contributed by atoms with van der Waals surface area (Å²) in [6.45, 7) is 0.357. The zero-order chi connectivity index (χ0) is 18.0. The van der Waals surface area contributed by atoms with Crippen molar-refractivity contribution in [2.45, 2.75) is 18.9 Å². The van der Waals surface area contributed by atoms with Crippen molar-refractivity contribution in [2.75, 3.05) is 36.2 Å². The molecule has 136 valence electrons. The van der Waals surface area contributed by atoms with Crippen molar-refractivity contribution in [1.82, 2.24) is 0 Å². The maximum Gasteiger partial charge on any atom is 0.414 e. The second-order valence-electron chi connectivity index (χ2n) is 5.80. The maximum atomic E-state index is 12.1. The number of fused-ring (bicyclic) bond motifs is 1. The lowest BCUT2D eigenvalue weighted by Gasteiger charge is -2.20. The quantitative estimate of drug-likeness (QED) is 0.589. The topological polar surface area (TPSA) is 111 Å². The number of hydrogen-bond acceptors (Lipinski definition) is 7. The van der Waals surface area contributed by atoms with Crippen LogP contribution in [0, 0.1) is 0 Å². The molecule has 0 radical (unpaired) electrons. The molecule has 0 spiro atoms. The van der Waals surface area contributed by atoms with Gasteiger partial charge in [0, 0.05) is 5.69 Å². The maximum absolute atomic E-state index is 12.1. The first-order valence-electron chi connectivity index (χ1n) is 7.71. The van der Waals surface area contributed by atoms with E-state index < -0.39 is 16.2 Å². The highest BCUT2D eigenvalue weighted by Gasteiger charge is 2.32. The molecule has 1 aromatic carbocycles. The molecule has 3 rings (SSSR count). The first-order valence-corrected chi connectivity index (χ1v) is 9.53. The van der Waals surface area contributed by atoms with Gasteiger partial charge in [-0.1, -0.05) is 0 Å². The monoisotopic (exact) mass is 370 g/mol. The molecule has 1 N–H and O–H groups in total. The molecule has 2 aliphatic heterocycles. The van der Waals surface area contributed by atoms with Crippen LogP contribution in [-0.2, 0) is 23.8 Å². The highest BCUT2D eigenvalue weighted by molar-refractivity contribution is 7.85. The molecule has 0 aromatic heterocycles. The Morgan fingerprint density at radius 1 is 1.36 bits per heavy atom. The van der Waals surface area contributed by atoms with E-state index in [-0.39, 0.29) is 25.2 Å². The number of nitrogens with one attached hydrogen (secondary N) is 1. The number of carbonyl (C=O) groups is 2. The van der Waals surface area contributed by atoms with Gasteiger partial charge >= 0.3 is 6.09 Å². The average molecular weight is 370 g/mol. The standard InChI is InChI=1S/C15H18N2O7S/c1-25(20,21)23-6-2-3-11-8-17(15(19)24-11)10-4-5-13-12(7-10)16-14(18)9-22-13/h4-5,7,11H,2-3,6,8-9H2,1H3,(H,16,18)/t11-/m1/s1. The zero-order valence-corrected chi connectivity index (χ0v) is 14.4. The molecule has 1 aromatic rings. The molecule has 9 nitrogen and oxygen atoms in total. The molecule has 0 saturated carbocycles. The van der Waals surface area contributed by atoms with E-state index in [1.165, 1.54) is 4.90 Å². The summed E-state index contributed by atoms with van der Waals surface area (Å²) in [4.78, 5) is 24.9. The summed E-state index contributed by atoms with van der Waals surface area (Å²) < 4.78 is 37.0. The van der Waals surface area contributed by atoms with E-state index in [1.54, 1.807) is 18.2 Å². The number of rotatable bonds is 6. The Kier molecular flexibility index (Phi) is 4.82. The molecule has 10 heteroatoms. The lowest BCUT2D eigenvalue weighted by Crippen LogP contribution is -2.27. The number of carbonyl (C=O) groups excluding carboxylic acids is 2. The number of benzene rings is 1. The van der Waals surface area contributed by atoms with Crippen LogP contribution >= 0.6 is 0 Å². The lowest BCUT2D eigenvalue weighted by molar-refractivity contribution is -0.118. The van der Waals surface area contributed by atoms with E-state index in [0.717, 1.165) is 6.26 Å². The van der Waals surface area contributed by atoms with Gasteiger partial charge in [0.05, 0.1) is 25.1 Å². The predicted molar refractivity (Wildman–Crippen MR) is 88.2 cm³/mol. The molecule has 25 heavy (non-hydrogen) atoms. The zero-order valence-electron chi connectivity index (χ0n) is 13.6. The molecule has 1 saturated heterocycles. The molecular formula is C15H18N2O7S. The molecule has 1 fully saturated rings. The summed E-state index contributed by atoms with van der Waals surface area (Å²) in [6.07, 6.45) is 1.09. The number of ether oxygens (including phenoxy) is 2. The fourth-order valence-corrected chi connectivity index (χ4v) is 3.06. The van der Waals surface area contributed by atoms with Gasteiger partial charge in [0.1, 0.15) is 11.9 Å². The van der Waals surface area contributed by atoms with E-state index in [1.807, 2.05) is 0 Å². The number of cyclic esters (lactones) is 1. The largest absolute Gasteiger partial charge is 0.482 e. The molecule has 0 bridgehead atoms. The van der Waals surface area contributed by atoms with Gasteiger partial charge in [-0.25, -0.2) is 4.79 Å². The van der Waals surface area contributed by atoms with Crippen LogP contribution < -0.4 is 15.0 Å². The third kappa shape index (κ3) is 4.40. The third-order valence-corrected chi connectivity index (χ3v) is 4.34. The number of amides is 2. The summed E-state index contributed by atoms with van der Waals surface area (Å²) in [5, 5.41) is 2.69. The van der Waals surface area contributed by atoms with Crippen LogP contribution in [0.5, 0.6) is 5.75 Å². The third-order valence-electron chi connectivity index (χ3n) is 3.75. The van der Waals surface area contributed by atoms with Crippen LogP contribution in [0.1, 0.15) is 12.8 Å². The van der Waals surface area contributed by atoms with E-state index in [0.29, 0.717) is 36.5 Å². The Balaban J connectivity index is 1.59. The van der Waals surface area contributed by atoms with Gasteiger partial charge < -0.3 is 14.8 Å². The molecule has 1 atom stereocenters. The van der Waals surface area contributed by atoms with Crippen LogP contribution in [0.25, 0.3) is 0 Å². The van der Waals surface area contributed by atoms with Gasteiger partial charge in [0.15, 0.2) is 6.61 Å². The van der Waals surface area contributed by atoms with Crippen LogP contribution in [0.3, 0.4) is 0 Å². The van der Waals surface area contributed by atoms with Crippen molar-refractivity contribution in [3.05, 3.63) is 18.2 Å². The van der Waals surface area contributed by atoms with Crippen molar-refractivity contribution in [2.24, 2.45) is 0 Å². The normalized spacial score (nSPS) is 19.9. The minimum Gasteiger partial charge on any atom is -0.482 e. The Morgan fingerprint density at radius 2 is 2.16 bits per heavy atom.